The van der Waals surface area contributed by atoms with E-state index in [1.165, 1.54) is 0 Å². The minimum absolute atomic E-state index is 0.303. The quantitative estimate of drug-likeness (QED) is 0.941. The fraction of sp³-hybridized carbons (Fsp3) is 0.429. The molecule has 2 unspecified atom stereocenters. The van der Waals surface area contributed by atoms with Gasteiger partial charge in [0.15, 0.2) is 5.82 Å². The molecule has 3 rings (SSSR count). The van der Waals surface area contributed by atoms with Crippen molar-refractivity contribution in [3.8, 4) is 0 Å². The Hall–Kier alpha value is -1.04. The van der Waals surface area contributed by atoms with Crippen LogP contribution in [0.1, 0.15) is 23.2 Å². The van der Waals surface area contributed by atoms with E-state index < -0.39 is 0 Å². The highest BCUT2D eigenvalue weighted by Crippen LogP contribution is 2.32. The molecule has 1 N–H and O–H groups in total. The first kappa shape index (κ1) is 13.9. The van der Waals surface area contributed by atoms with Crippen LogP contribution in [0.25, 0.3) is 0 Å². The lowest BCUT2D eigenvalue weighted by Gasteiger charge is -2.13. The Morgan fingerprint density at radius 1 is 1.40 bits per heavy atom. The van der Waals surface area contributed by atoms with Crippen LogP contribution in [0, 0.1) is 0 Å². The Bertz CT molecular complexity index is 589. The van der Waals surface area contributed by atoms with E-state index in [9.17, 15) is 0 Å². The van der Waals surface area contributed by atoms with Crippen LogP contribution in [0.4, 0.5) is 0 Å². The fourth-order valence-electron chi connectivity index (χ4n) is 2.38. The Kier molecular flexibility index (Phi) is 4.29. The van der Waals surface area contributed by atoms with Crippen molar-refractivity contribution in [3.05, 3.63) is 46.6 Å². The number of benzene rings is 1. The van der Waals surface area contributed by atoms with Crippen LogP contribution in [0.3, 0.4) is 0 Å². The van der Waals surface area contributed by atoms with Crippen molar-refractivity contribution in [2.45, 2.75) is 18.4 Å². The van der Waals surface area contributed by atoms with Crippen molar-refractivity contribution >= 4 is 23.4 Å². The average molecular weight is 310 g/mol. The Morgan fingerprint density at radius 3 is 3.05 bits per heavy atom. The first-order chi connectivity index (χ1) is 9.78. The maximum absolute atomic E-state index is 6.15. The highest BCUT2D eigenvalue weighted by atomic mass is 35.5. The van der Waals surface area contributed by atoms with E-state index >= 15 is 0 Å². The summed E-state index contributed by atoms with van der Waals surface area (Å²) in [7, 11) is 1.98. The molecule has 6 heteroatoms. The third-order valence-electron chi connectivity index (χ3n) is 3.56. The summed E-state index contributed by atoms with van der Waals surface area (Å²) in [4.78, 5) is 4.54. The predicted molar refractivity (Wildman–Crippen MR) is 81.5 cm³/mol. The van der Waals surface area contributed by atoms with Crippen LogP contribution < -0.4 is 5.32 Å². The third-order valence-corrected chi connectivity index (χ3v) is 5.12. The van der Waals surface area contributed by atoms with E-state index in [0.717, 1.165) is 28.0 Å². The van der Waals surface area contributed by atoms with Gasteiger partial charge in [0.25, 0.3) is 0 Å². The number of nitrogens with zero attached hydrogens (tertiary/aromatic N) is 2. The molecular weight excluding hydrogens is 294 g/mol. The molecule has 0 amide bonds. The second kappa shape index (κ2) is 6.16. The van der Waals surface area contributed by atoms with E-state index in [-0.39, 0.29) is 0 Å². The van der Waals surface area contributed by atoms with E-state index in [0.29, 0.717) is 24.2 Å². The van der Waals surface area contributed by atoms with Gasteiger partial charge in [-0.25, -0.2) is 0 Å². The minimum Gasteiger partial charge on any atom is -0.339 e. The largest absolute Gasteiger partial charge is 0.339 e. The molecular formula is C14H16ClN3OS. The van der Waals surface area contributed by atoms with Crippen molar-refractivity contribution < 1.29 is 4.52 Å². The molecule has 4 nitrogen and oxygen atoms in total. The van der Waals surface area contributed by atoms with E-state index in [4.69, 9.17) is 16.1 Å². The zero-order valence-electron chi connectivity index (χ0n) is 11.2. The monoisotopic (exact) mass is 309 g/mol. The minimum atomic E-state index is 0.303. The van der Waals surface area contributed by atoms with Crippen molar-refractivity contribution in [2.24, 2.45) is 0 Å². The van der Waals surface area contributed by atoms with Crippen LogP contribution in [0.5, 0.6) is 0 Å². The normalized spacial score (nSPS) is 22.3. The van der Waals surface area contributed by atoms with Gasteiger partial charge in [-0.2, -0.15) is 16.7 Å². The molecule has 0 radical (unpaired) electrons. The molecule has 1 fully saturated rings. The number of likely N-dealkylation sites (N-methyl/N-ethyl adjacent to an activating group) is 1. The van der Waals surface area contributed by atoms with Gasteiger partial charge in [0.2, 0.25) is 5.89 Å². The smallest absolute Gasteiger partial charge is 0.232 e. The second-order valence-electron chi connectivity index (χ2n) is 4.86. The zero-order chi connectivity index (χ0) is 13.9. The van der Waals surface area contributed by atoms with Crippen LogP contribution in [0.15, 0.2) is 28.8 Å². The van der Waals surface area contributed by atoms with E-state index in [1.54, 1.807) is 0 Å². The first-order valence-electron chi connectivity index (χ1n) is 6.59. The van der Waals surface area contributed by atoms with Crippen molar-refractivity contribution in [1.82, 2.24) is 15.5 Å². The summed E-state index contributed by atoms with van der Waals surface area (Å²) in [5.41, 5.74) is 1.02. The molecule has 1 aliphatic heterocycles. The van der Waals surface area contributed by atoms with E-state index in [2.05, 4.69) is 15.5 Å². The van der Waals surface area contributed by atoms with Crippen LogP contribution in [-0.4, -0.2) is 34.7 Å². The molecule has 0 bridgehead atoms. The lowest BCUT2D eigenvalue weighted by molar-refractivity contribution is 0.341. The van der Waals surface area contributed by atoms with Gasteiger partial charge >= 0.3 is 0 Å². The van der Waals surface area contributed by atoms with Gasteiger partial charge in [-0.1, -0.05) is 35.0 Å². The summed E-state index contributed by atoms with van der Waals surface area (Å²) in [6.07, 6.45) is 0.604. The summed E-state index contributed by atoms with van der Waals surface area (Å²) in [6.45, 7) is 0. The number of hydrogen-bond acceptors (Lipinski definition) is 5. The van der Waals surface area contributed by atoms with Gasteiger partial charge in [-0.15, -0.1) is 0 Å². The molecule has 1 aliphatic rings. The lowest BCUT2D eigenvalue weighted by Crippen LogP contribution is -2.31. The number of aromatic nitrogens is 2. The summed E-state index contributed by atoms with van der Waals surface area (Å²) in [5, 5.41) is 8.13. The van der Waals surface area contributed by atoms with E-state index in [1.807, 2.05) is 43.1 Å². The molecule has 1 aromatic heterocycles. The average Bonchev–Trinajstić information content (AvgIpc) is 3.09. The van der Waals surface area contributed by atoms with Gasteiger partial charge < -0.3 is 9.84 Å². The standard InChI is InChI=1S/C14H16ClN3OS/c1-16-12-8-20-7-10(12)14-17-13(18-19-14)6-9-4-2-3-5-11(9)15/h2-5,10,12,16H,6-8H2,1H3. The first-order valence-corrected chi connectivity index (χ1v) is 8.12. The molecule has 0 aliphatic carbocycles. The van der Waals surface area contributed by atoms with Crippen molar-refractivity contribution in [3.63, 3.8) is 0 Å². The fourth-order valence-corrected chi connectivity index (χ4v) is 4.00. The number of nitrogens with one attached hydrogen (secondary N) is 1. The van der Waals surface area contributed by atoms with Crippen molar-refractivity contribution in [2.75, 3.05) is 18.6 Å². The van der Waals surface area contributed by atoms with Crippen LogP contribution in [0.2, 0.25) is 5.02 Å². The Balaban J connectivity index is 1.76. The highest BCUT2D eigenvalue weighted by Gasteiger charge is 2.32. The third kappa shape index (κ3) is 2.85. The number of halogens is 1. The summed E-state index contributed by atoms with van der Waals surface area (Å²) in [6, 6.07) is 8.16. The highest BCUT2D eigenvalue weighted by molar-refractivity contribution is 7.99. The number of hydrogen-bond donors (Lipinski definition) is 1. The molecule has 20 heavy (non-hydrogen) atoms. The Morgan fingerprint density at radius 2 is 2.25 bits per heavy atom. The van der Waals surface area contributed by atoms with Gasteiger partial charge in [0.1, 0.15) is 0 Å². The lowest BCUT2D eigenvalue weighted by atomic mass is 10.0. The SMILES string of the molecule is CNC1CSCC1c1nc(Cc2ccccc2Cl)no1. The number of rotatable bonds is 4. The van der Waals surface area contributed by atoms with Gasteiger partial charge in [0.05, 0.1) is 5.92 Å². The Labute approximate surface area is 127 Å². The molecule has 1 aromatic carbocycles. The maximum atomic E-state index is 6.15. The molecule has 2 atom stereocenters. The molecule has 0 saturated carbocycles. The summed E-state index contributed by atoms with van der Waals surface area (Å²) < 4.78 is 5.44. The molecule has 106 valence electrons. The van der Waals surface area contributed by atoms with Crippen LogP contribution >= 0.6 is 23.4 Å². The van der Waals surface area contributed by atoms with Crippen LogP contribution in [-0.2, 0) is 6.42 Å². The van der Waals surface area contributed by atoms with Gasteiger partial charge in [-0.3, -0.25) is 0 Å². The molecule has 2 heterocycles. The molecule has 2 aromatic rings. The zero-order valence-corrected chi connectivity index (χ0v) is 12.7. The maximum Gasteiger partial charge on any atom is 0.232 e. The molecule has 1 saturated heterocycles. The van der Waals surface area contributed by atoms with Crippen molar-refractivity contribution in [1.29, 1.82) is 0 Å². The molecule has 0 spiro atoms. The second-order valence-corrected chi connectivity index (χ2v) is 6.34. The van der Waals surface area contributed by atoms with Gasteiger partial charge in [-0.05, 0) is 18.7 Å². The predicted octanol–water partition coefficient (Wildman–Crippen LogP) is 2.73. The summed E-state index contributed by atoms with van der Waals surface area (Å²) >= 11 is 8.07. The van der Waals surface area contributed by atoms with Gasteiger partial charge in [0, 0.05) is 29.0 Å². The summed E-state index contributed by atoms with van der Waals surface area (Å²) in [5.74, 6) is 3.84. The topological polar surface area (TPSA) is 51.0 Å². The number of thioether (sulfide) groups is 1.